The molecule has 2 aromatic heterocycles. The van der Waals surface area contributed by atoms with Crippen LogP contribution in [0.2, 0.25) is 0 Å². The highest BCUT2D eigenvalue weighted by atomic mass is 32.1. The van der Waals surface area contributed by atoms with Crippen LogP contribution >= 0.6 is 11.3 Å². The van der Waals surface area contributed by atoms with Crippen LogP contribution in [0.1, 0.15) is 56.3 Å². The summed E-state index contributed by atoms with van der Waals surface area (Å²) in [6.45, 7) is 6.42. The fourth-order valence-corrected chi connectivity index (χ4v) is 4.03. The minimum atomic E-state index is -0.569. The van der Waals surface area contributed by atoms with Gasteiger partial charge < -0.3 is 19.4 Å². The SMILES string of the molecule is CC(C)(C)OC(=O)NCC1CCCCN1C(=O)Cc1csc(NC(=O)c2ccco2)n1. The molecule has 9 nitrogen and oxygen atoms in total. The van der Waals surface area contributed by atoms with Gasteiger partial charge in [-0.25, -0.2) is 9.78 Å². The van der Waals surface area contributed by atoms with E-state index >= 15 is 0 Å². The highest BCUT2D eigenvalue weighted by molar-refractivity contribution is 7.14. The molecule has 1 aliphatic rings. The minimum absolute atomic E-state index is 0.0510. The lowest BCUT2D eigenvalue weighted by atomic mass is 10.0. The molecular weight excluding hydrogens is 420 g/mol. The average molecular weight is 449 g/mol. The second-order valence-electron chi connectivity index (χ2n) is 8.37. The van der Waals surface area contributed by atoms with Crippen molar-refractivity contribution in [1.82, 2.24) is 15.2 Å². The van der Waals surface area contributed by atoms with Crippen LogP contribution in [-0.2, 0) is 16.0 Å². The van der Waals surface area contributed by atoms with Crippen LogP contribution in [-0.4, -0.2) is 52.5 Å². The summed E-state index contributed by atoms with van der Waals surface area (Å²) in [5.41, 5.74) is 0.0232. The van der Waals surface area contributed by atoms with Gasteiger partial charge in [0.1, 0.15) is 5.60 Å². The average Bonchev–Trinajstić information content (AvgIpc) is 3.37. The number of aromatic nitrogens is 1. The van der Waals surface area contributed by atoms with Crippen LogP contribution in [0.4, 0.5) is 9.93 Å². The van der Waals surface area contributed by atoms with Gasteiger partial charge in [0, 0.05) is 24.5 Å². The number of alkyl carbamates (subject to hydrolysis) is 1. The molecule has 1 fully saturated rings. The van der Waals surface area contributed by atoms with Gasteiger partial charge in [-0.15, -0.1) is 11.3 Å². The van der Waals surface area contributed by atoms with Crippen molar-refractivity contribution < 1.29 is 23.5 Å². The Kier molecular flexibility index (Phi) is 7.32. The number of nitrogens with zero attached hydrogens (tertiary/aromatic N) is 2. The first-order valence-corrected chi connectivity index (χ1v) is 11.1. The largest absolute Gasteiger partial charge is 0.459 e. The Morgan fingerprint density at radius 1 is 1.32 bits per heavy atom. The predicted molar refractivity (Wildman–Crippen MR) is 116 cm³/mol. The Balaban J connectivity index is 1.54. The van der Waals surface area contributed by atoms with Crippen molar-refractivity contribution in [3.8, 4) is 0 Å². The Bertz CT molecular complexity index is 903. The summed E-state index contributed by atoms with van der Waals surface area (Å²) in [5, 5.41) is 7.60. The molecule has 3 rings (SSSR count). The Morgan fingerprint density at radius 2 is 2.13 bits per heavy atom. The fourth-order valence-electron chi connectivity index (χ4n) is 3.32. The van der Waals surface area contributed by atoms with E-state index < -0.39 is 11.7 Å². The summed E-state index contributed by atoms with van der Waals surface area (Å²) in [6.07, 6.45) is 3.83. The van der Waals surface area contributed by atoms with Crippen molar-refractivity contribution in [1.29, 1.82) is 0 Å². The first kappa shape index (κ1) is 22.8. The number of likely N-dealkylation sites (tertiary alicyclic amines) is 1. The second-order valence-corrected chi connectivity index (χ2v) is 9.23. The van der Waals surface area contributed by atoms with Gasteiger partial charge in [-0.1, -0.05) is 0 Å². The molecule has 168 valence electrons. The highest BCUT2D eigenvalue weighted by Gasteiger charge is 2.28. The number of amides is 3. The normalized spacial score (nSPS) is 16.6. The zero-order chi connectivity index (χ0) is 22.4. The van der Waals surface area contributed by atoms with E-state index in [4.69, 9.17) is 9.15 Å². The third kappa shape index (κ3) is 6.81. The molecule has 0 bridgehead atoms. The zero-order valence-corrected chi connectivity index (χ0v) is 18.8. The number of carbonyl (C=O) groups excluding carboxylic acids is 3. The van der Waals surface area contributed by atoms with Gasteiger partial charge in [-0.3, -0.25) is 14.9 Å². The van der Waals surface area contributed by atoms with Crippen LogP contribution in [0.15, 0.2) is 28.2 Å². The maximum Gasteiger partial charge on any atom is 0.407 e. The van der Waals surface area contributed by atoms with Crippen molar-refractivity contribution >= 4 is 34.4 Å². The van der Waals surface area contributed by atoms with Crippen molar-refractivity contribution in [2.24, 2.45) is 0 Å². The van der Waals surface area contributed by atoms with Gasteiger partial charge in [0.25, 0.3) is 5.91 Å². The van der Waals surface area contributed by atoms with Gasteiger partial charge in [-0.05, 0) is 52.2 Å². The van der Waals surface area contributed by atoms with Crippen molar-refractivity contribution in [2.75, 3.05) is 18.4 Å². The van der Waals surface area contributed by atoms with Crippen LogP contribution in [0.3, 0.4) is 0 Å². The number of hydrogen-bond acceptors (Lipinski definition) is 7. The molecule has 0 aromatic carbocycles. The summed E-state index contributed by atoms with van der Waals surface area (Å²) in [5.74, 6) is -0.243. The number of carbonyl (C=O) groups is 3. The number of ether oxygens (including phenoxy) is 1. The highest BCUT2D eigenvalue weighted by Crippen LogP contribution is 2.21. The van der Waals surface area contributed by atoms with E-state index in [1.807, 2.05) is 20.8 Å². The summed E-state index contributed by atoms with van der Waals surface area (Å²) in [6, 6.07) is 3.12. The smallest absolute Gasteiger partial charge is 0.407 e. The Hall–Kier alpha value is -2.88. The molecule has 2 N–H and O–H groups in total. The molecule has 3 heterocycles. The maximum atomic E-state index is 12.9. The lowest BCUT2D eigenvalue weighted by Gasteiger charge is -2.36. The second kappa shape index (κ2) is 9.95. The van der Waals surface area contributed by atoms with E-state index in [1.165, 1.54) is 17.6 Å². The van der Waals surface area contributed by atoms with E-state index in [2.05, 4.69) is 15.6 Å². The molecule has 1 saturated heterocycles. The molecule has 2 aromatic rings. The number of thiazole rings is 1. The molecular formula is C21H28N4O5S. The lowest BCUT2D eigenvalue weighted by Crippen LogP contribution is -2.50. The number of nitrogens with one attached hydrogen (secondary N) is 2. The maximum absolute atomic E-state index is 12.9. The molecule has 0 aliphatic carbocycles. The van der Waals surface area contributed by atoms with Crippen molar-refractivity contribution in [3.05, 3.63) is 35.2 Å². The van der Waals surface area contributed by atoms with E-state index in [-0.39, 0.29) is 30.0 Å². The lowest BCUT2D eigenvalue weighted by molar-refractivity contribution is -0.134. The molecule has 10 heteroatoms. The molecule has 0 spiro atoms. The Labute approximate surface area is 185 Å². The van der Waals surface area contributed by atoms with Gasteiger partial charge in [-0.2, -0.15) is 0 Å². The van der Waals surface area contributed by atoms with Gasteiger partial charge in [0.05, 0.1) is 18.4 Å². The molecule has 0 saturated carbocycles. The van der Waals surface area contributed by atoms with Gasteiger partial charge >= 0.3 is 6.09 Å². The summed E-state index contributed by atoms with van der Waals surface area (Å²) in [4.78, 5) is 43.1. The Morgan fingerprint density at radius 3 is 2.84 bits per heavy atom. The van der Waals surface area contributed by atoms with E-state index in [0.29, 0.717) is 23.9 Å². The number of piperidine rings is 1. The number of rotatable bonds is 6. The number of hydrogen-bond donors (Lipinski definition) is 2. The molecule has 1 unspecified atom stereocenters. The first-order valence-electron chi connectivity index (χ1n) is 10.3. The molecule has 3 amide bonds. The molecule has 31 heavy (non-hydrogen) atoms. The van der Waals surface area contributed by atoms with Crippen LogP contribution in [0, 0.1) is 0 Å². The zero-order valence-electron chi connectivity index (χ0n) is 18.0. The number of anilines is 1. The summed E-state index contributed by atoms with van der Waals surface area (Å²) < 4.78 is 10.3. The van der Waals surface area contributed by atoms with Crippen LogP contribution < -0.4 is 10.6 Å². The topological polar surface area (TPSA) is 114 Å². The molecule has 1 aliphatic heterocycles. The first-order chi connectivity index (χ1) is 14.7. The third-order valence-electron chi connectivity index (χ3n) is 4.68. The van der Waals surface area contributed by atoms with Crippen molar-refractivity contribution in [3.63, 3.8) is 0 Å². The fraction of sp³-hybridized carbons (Fsp3) is 0.524. The van der Waals surface area contributed by atoms with Crippen LogP contribution in [0.5, 0.6) is 0 Å². The molecule has 0 radical (unpaired) electrons. The number of furan rings is 1. The van der Waals surface area contributed by atoms with Crippen molar-refractivity contribution in [2.45, 2.75) is 58.1 Å². The van der Waals surface area contributed by atoms with E-state index in [1.54, 1.807) is 22.4 Å². The summed E-state index contributed by atoms with van der Waals surface area (Å²) >= 11 is 1.25. The third-order valence-corrected chi connectivity index (χ3v) is 5.48. The minimum Gasteiger partial charge on any atom is -0.459 e. The standard InChI is InChI=1S/C21H28N4O5S/c1-21(2,3)30-20(28)22-12-15-7-4-5-9-25(15)17(26)11-14-13-31-19(23-14)24-18(27)16-8-6-10-29-16/h6,8,10,13,15H,4-5,7,9,11-12H2,1-3H3,(H,22,28)(H,23,24,27). The van der Waals surface area contributed by atoms with Crippen LogP contribution in [0.25, 0.3) is 0 Å². The monoisotopic (exact) mass is 448 g/mol. The molecule has 1 atom stereocenters. The van der Waals surface area contributed by atoms with Gasteiger partial charge in [0.2, 0.25) is 5.91 Å². The summed E-state index contributed by atoms with van der Waals surface area (Å²) in [7, 11) is 0. The van der Waals surface area contributed by atoms with E-state index in [0.717, 1.165) is 19.3 Å². The predicted octanol–water partition coefficient (Wildman–Crippen LogP) is 3.44. The van der Waals surface area contributed by atoms with Gasteiger partial charge in [0.15, 0.2) is 10.9 Å². The quantitative estimate of drug-likeness (QED) is 0.700. The van der Waals surface area contributed by atoms with E-state index in [9.17, 15) is 14.4 Å².